The van der Waals surface area contributed by atoms with E-state index in [9.17, 15) is 4.79 Å². The lowest BCUT2D eigenvalue weighted by atomic mass is 9.88. The van der Waals surface area contributed by atoms with Crippen molar-refractivity contribution >= 4 is 13.8 Å². The van der Waals surface area contributed by atoms with Gasteiger partial charge in [-0.1, -0.05) is 37.3 Å². The molecule has 114 valence electrons. The number of carbonyl (C=O) groups is 1. The highest BCUT2D eigenvalue weighted by Gasteiger charge is 2.52. The Labute approximate surface area is 127 Å². The third-order valence-electron chi connectivity index (χ3n) is 4.09. The van der Waals surface area contributed by atoms with Crippen molar-refractivity contribution in [2.24, 2.45) is 0 Å². The first kappa shape index (κ1) is 16.1. The number of carbonyl (C=O) groups excluding carboxylic acids is 1. The highest BCUT2D eigenvalue weighted by molar-refractivity contribution is 6.11. The Hall–Kier alpha value is -1.33. The van der Waals surface area contributed by atoms with Gasteiger partial charge >= 0.3 is 5.97 Å². The minimum absolute atomic E-state index is 0.167. The molecule has 0 aromatic heterocycles. The molecule has 0 N–H and O–H groups in total. The molecule has 4 atom stereocenters. The second-order valence-electron chi connectivity index (χ2n) is 5.78. The minimum Gasteiger partial charge on any atom is -0.458 e. The highest BCUT2D eigenvalue weighted by atomic mass is 16.6. The van der Waals surface area contributed by atoms with Gasteiger partial charge in [0.25, 0.3) is 0 Å². The van der Waals surface area contributed by atoms with Crippen molar-refractivity contribution in [2.75, 3.05) is 0 Å². The zero-order chi connectivity index (χ0) is 15.5. The standard InChI is InChI=1S/C16H23BO4/c1-4-16(3)14(13(15(17)21-16)20-11(2)18)19-10-12-8-6-5-7-9-12/h5-9,13-15H,4,10,17H2,1-3H3/t13-,14?,15+,16+/m0/s1. The summed E-state index contributed by atoms with van der Waals surface area (Å²) in [6, 6.07) is 9.80. The molecular weight excluding hydrogens is 267 g/mol. The van der Waals surface area contributed by atoms with E-state index in [4.69, 9.17) is 14.2 Å². The molecular formula is C16H23BO4. The Bertz CT molecular complexity index is 478. The van der Waals surface area contributed by atoms with Crippen LogP contribution < -0.4 is 0 Å². The van der Waals surface area contributed by atoms with Gasteiger partial charge in [0.05, 0.1) is 18.2 Å². The molecule has 21 heavy (non-hydrogen) atoms. The molecule has 1 aromatic carbocycles. The van der Waals surface area contributed by atoms with Gasteiger partial charge in [-0.05, 0) is 18.9 Å². The summed E-state index contributed by atoms with van der Waals surface area (Å²) in [5.74, 6) is -0.302. The van der Waals surface area contributed by atoms with Crippen molar-refractivity contribution in [1.29, 1.82) is 0 Å². The minimum atomic E-state index is -0.436. The second kappa shape index (κ2) is 6.63. The Kier molecular flexibility index (Phi) is 5.06. The maximum atomic E-state index is 11.3. The van der Waals surface area contributed by atoms with Gasteiger partial charge < -0.3 is 14.2 Å². The second-order valence-corrected chi connectivity index (χ2v) is 5.78. The van der Waals surface area contributed by atoms with Crippen LogP contribution >= 0.6 is 0 Å². The largest absolute Gasteiger partial charge is 0.458 e. The average molecular weight is 290 g/mol. The number of esters is 1. The van der Waals surface area contributed by atoms with Gasteiger partial charge in [0.2, 0.25) is 0 Å². The zero-order valence-electron chi connectivity index (χ0n) is 13.2. The molecule has 1 aromatic rings. The lowest BCUT2D eigenvalue weighted by Gasteiger charge is -2.31. The van der Waals surface area contributed by atoms with E-state index in [0.29, 0.717) is 6.61 Å². The summed E-state index contributed by atoms with van der Waals surface area (Å²) in [4.78, 5) is 11.3. The quantitative estimate of drug-likeness (QED) is 0.611. The van der Waals surface area contributed by atoms with E-state index in [2.05, 4.69) is 6.92 Å². The van der Waals surface area contributed by atoms with Crippen molar-refractivity contribution in [2.45, 2.75) is 57.6 Å². The molecule has 0 spiro atoms. The molecule has 1 saturated heterocycles. The molecule has 0 aliphatic carbocycles. The lowest BCUT2D eigenvalue weighted by molar-refractivity contribution is -0.155. The van der Waals surface area contributed by atoms with Crippen LogP contribution in [0.15, 0.2) is 30.3 Å². The molecule has 0 radical (unpaired) electrons. The van der Waals surface area contributed by atoms with Crippen molar-refractivity contribution in [1.82, 2.24) is 0 Å². The Balaban J connectivity index is 2.11. The van der Waals surface area contributed by atoms with E-state index in [-0.39, 0.29) is 24.2 Å². The van der Waals surface area contributed by atoms with Crippen LogP contribution in [0, 0.1) is 0 Å². The van der Waals surface area contributed by atoms with Gasteiger partial charge in [0.1, 0.15) is 20.1 Å². The first-order valence-electron chi connectivity index (χ1n) is 7.47. The zero-order valence-corrected chi connectivity index (χ0v) is 13.2. The molecule has 1 aliphatic rings. The monoisotopic (exact) mass is 290 g/mol. The Morgan fingerprint density at radius 3 is 2.62 bits per heavy atom. The van der Waals surface area contributed by atoms with Gasteiger partial charge in [-0.3, -0.25) is 4.79 Å². The normalized spacial score (nSPS) is 32.0. The van der Waals surface area contributed by atoms with Crippen LogP contribution in [0.1, 0.15) is 32.8 Å². The molecule has 1 heterocycles. The molecule has 1 fully saturated rings. The van der Waals surface area contributed by atoms with E-state index >= 15 is 0 Å². The van der Waals surface area contributed by atoms with E-state index in [1.807, 2.05) is 45.1 Å². The Morgan fingerprint density at radius 2 is 2.05 bits per heavy atom. The van der Waals surface area contributed by atoms with Crippen LogP contribution in [0.4, 0.5) is 0 Å². The molecule has 2 rings (SSSR count). The topological polar surface area (TPSA) is 44.8 Å². The summed E-state index contributed by atoms with van der Waals surface area (Å²) < 4.78 is 17.5. The van der Waals surface area contributed by atoms with E-state index in [1.165, 1.54) is 6.92 Å². The fourth-order valence-electron chi connectivity index (χ4n) is 2.82. The van der Waals surface area contributed by atoms with E-state index in [1.54, 1.807) is 0 Å². The lowest BCUT2D eigenvalue weighted by Crippen LogP contribution is -2.44. The maximum Gasteiger partial charge on any atom is 0.303 e. The highest BCUT2D eigenvalue weighted by Crippen LogP contribution is 2.36. The van der Waals surface area contributed by atoms with E-state index in [0.717, 1.165) is 12.0 Å². The van der Waals surface area contributed by atoms with Crippen molar-refractivity contribution < 1.29 is 19.0 Å². The third-order valence-corrected chi connectivity index (χ3v) is 4.09. The van der Waals surface area contributed by atoms with Gasteiger partial charge in [0, 0.05) is 6.92 Å². The number of rotatable bonds is 5. The molecule has 0 amide bonds. The molecule has 1 unspecified atom stereocenters. The molecule has 5 heteroatoms. The van der Waals surface area contributed by atoms with Crippen LogP contribution in [-0.4, -0.2) is 37.6 Å². The van der Waals surface area contributed by atoms with Crippen molar-refractivity contribution in [3.63, 3.8) is 0 Å². The van der Waals surface area contributed by atoms with Crippen LogP contribution in [0.25, 0.3) is 0 Å². The van der Waals surface area contributed by atoms with Gasteiger partial charge in [-0.25, -0.2) is 0 Å². The first-order valence-corrected chi connectivity index (χ1v) is 7.47. The number of ether oxygens (including phenoxy) is 3. The fourth-order valence-corrected chi connectivity index (χ4v) is 2.82. The summed E-state index contributed by atoms with van der Waals surface area (Å²) >= 11 is 0. The summed E-state index contributed by atoms with van der Waals surface area (Å²) in [5.41, 5.74) is 0.658. The fraction of sp³-hybridized carbons (Fsp3) is 0.562. The number of hydrogen-bond acceptors (Lipinski definition) is 4. The molecule has 0 bridgehead atoms. The predicted molar refractivity (Wildman–Crippen MR) is 82.7 cm³/mol. The van der Waals surface area contributed by atoms with E-state index < -0.39 is 5.60 Å². The number of hydrogen-bond donors (Lipinski definition) is 0. The molecule has 1 aliphatic heterocycles. The van der Waals surface area contributed by atoms with Crippen molar-refractivity contribution in [3.8, 4) is 0 Å². The summed E-state index contributed by atoms with van der Waals surface area (Å²) in [6.45, 7) is 5.97. The summed E-state index contributed by atoms with van der Waals surface area (Å²) in [6.07, 6.45) is 0.173. The summed E-state index contributed by atoms with van der Waals surface area (Å²) in [7, 11) is 1.92. The SMILES string of the molecule is B[C@@H]1O[C@](C)(CC)C(OCc2ccccc2)[C@@H]1OC(C)=O. The van der Waals surface area contributed by atoms with Gasteiger partial charge in [-0.2, -0.15) is 0 Å². The molecule has 0 saturated carbocycles. The average Bonchev–Trinajstić information content (AvgIpc) is 2.69. The Morgan fingerprint density at radius 1 is 1.38 bits per heavy atom. The first-order chi connectivity index (χ1) is 9.96. The van der Waals surface area contributed by atoms with Crippen LogP contribution in [0.2, 0.25) is 0 Å². The van der Waals surface area contributed by atoms with Crippen molar-refractivity contribution in [3.05, 3.63) is 35.9 Å². The molecule has 4 nitrogen and oxygen atoms in total. The maximum absolute atomic E-state index is 11.3. The van der Waals surface area contributed by atoms with Gasteiger partial charge in [0.15, 0.2) is 0 Å². The summed E-state index contributed by atoms with van der Waals surface area (Å²) in [5, 5.41) is 0. The number of benzene rings is 1. The predicted octanol–water partition coefficient (Wildman–Crippen LogP) is 1.66. The van der Waals surface area contributed by atoms with Crippen LogP contribution in [0.3, 0.4) is 0 Å². The smallest absolute Gasteiger partial charge is 0.303 e. The van der Waals surface area contributed by atoms with Crippen LogP contribution in [-0.2, 0) is 25.6 Å². The van der Waals surface area contributed by atoms with Crippen LogP contribution in [0.5, 0.6) is 0 Å². The third kappa shape index (κ3) is 3.66. The van der Waals surface area contributed by atoms with Gasteiger partial charge in [-0.15, -0.1) is 0 Å².